The Bertz CT molecular complexity index is 2490. The van der Waals surface area contributed by atoms with E-state index in [1.807, 2.05) is 17.5 Å². The third kappa shape index (κ3) is 13.2. The van der Waals surface area contributed by atoms with Gasteiger partial charge in [0.2, 0.25) is 0 Å². The molecule has 1 aromatic carbocycles. The highest BCUT2D eigenvalue weighted by Crippen LogP contribution is 2.56. The molecule has 0 aliphatic heterocycles. The molecule has 6 heterocycles. The molecule has 0 saturated carbocycles. The monoisotopic (exact) mass is 988 g/mol. The van der Waals surface area contributed by atoms with Crippen LogP contribution in [0.25, 0.3) is 57.0 Å². The quantitative estimate of drug-likeness (QED) is 0.0404. The smallest absolute Gasteiger partial charge is 0.181 e. The molecule has 0 radical (unpaired) electrons. The SMILES string of the molecule is C=C(c1ccc(-c2sc(-c3ccc(-c4cc(F)c(-c5cccs5)c5nsnc45)s3)c(OCCCCCCCCCCCC)c2OCCCCCCCCCCCC)s1)c1nsnc1CC. The molecule has 0 aliphatic rings. The zero-order valence-corrected chi connectivity index (χ0v) is 43.4. The van der Waals surface area contributed by atoms with Gasteiger partial charge < -0.3 is 9.47 Å². The van der Waals surface area contributed by atoms with Gasteiger partial charge in [0.05, 0.1) is 57.7 Å². The Balaban J connectivity index is 1.16. The molecule has 0 fully saturated rings. The van der Waals surface area contributed by atoms with E-state index in [-0.39, 0.29) is 5.82 Å². The zero-order valence-electron chi connectivity index (χ0n) is 38.5. The first-order valence-corrected chi connectivity index (χ1v) is 28.9. The van der Waals surface area contributed by atoms with E-state index in [0.717, 1.165) is 118 Å². The molecule has 7 aromatic rings. The predicted molar refractivity (Wildman–Crippen MR) is 283 cm³/mol. The summed E-state index contributed by atoms with van der Waals surface area (Å²) < 4.78 is 48.4. The fourth-order valence-electron chi connectivity index (χ4n) is 8.28. The second kappa shape index (κ2) is 26.3. The van der Waals surface area contributed by atoms with Crippen molar-refractivity contribution in [2.24, 2.45) is 0 Å². The summed E-state index contributed by atoms with van der Waals surface area (Å²) in [5.41, 5.74) is 5.38. The van der Waals surface area contributed by atoms with Crippen molar-refractivity contribution >= 4 is 85.4 Å². The molecule has 6 nitrogen and oxygen atoms in total. The highest BCUT2D eigenvalue weighted by atomic mass is 32.1. The molecule has 348 valence electrons. The highest BCUT2D eigenvalue weighted by molar-refractivity contribution is 7.28. The van der Waals surface area contributed by atoms with E-state index >= 15 is 4.39 Å². The zero-order chi connectivity index (χ0) is 45.2. The molecule has 0 saturated heterocycles. The number of unbranched alkanes of at least 4 members (excludes halogenated alkanes) is 18. The summed E-state index contributed by atoms with van der Waals surface area (Å²) in [6, 6.07) is 14.1. The van der Waals surface area contributed by atoms with Crippen LogP contribution in [-0.2, 0) is 6.42 Å². The molecular weight excluding hydrogens is 924 g/mol. The van der Waals surface area contributed by atoms with E-state index in [0.29, 0.717) is 24.3 Å². The van der Waals surface area contributed by atoms with Crippen molar-refractivity contribution in [3.63, 3.8) is 0 Å². The van der Waals surface area contributed by atoms with E-state index in [9.17, 15) is 0 Å². The second-order valence-electron chi connectivity index (χ2n) is 16.9. The Morgan fingerprint density at radius 1 is 0.569 bits per heavy atom. The molecule has 0 unspecified atom stereocenters. The van der Waals surface area contributed by atoms with Gasteiger partial charge in [-0.3, -0.25) is 0 Å². The van der Waals surface area contributed by atoms with Crippen LogP contribution in [0.3, 0.4) is 0 Å². The number of ether oxygens (including phenoxy) is 2. The van der Waals surface area contributed by atoms with Gasteiger partial charge >= 0.3 is 0 Å². The first-order valence-electron chi connectivity index (χ1n) is 24.1. The maximum Gasteiger partial charge on any atom is 0.181 e. The van der Waals surface area contributed by atoms with Gasteiger partial charge in [0.25, 0.3) is 0 Å². The fraction of sp³-hybridized carbons (Fsp3) is 0.500. The van der Waals surface area contributed by atoms with Crippen LogP contribution in [0.15, 0.2) is 54.4 Å². The minimum atomic E-state index is -0.284. The Morgan fingerprint density at radius 2 is 1.11 bits per heavy atom. The van der Waals surface area contributed by atoms with Gasteiger partial charge in [-0.2, -0.15) is 17.5 Å². The summed E-state index contributed by atoms with van der Waals surface area (Å²) in [5.74, 6) is 1.35. The summed E-state index contributed by atoms with van der Waals surface area (Å²) >= 11 is 8.97. The number of halogens is 1. The van der Waals surface area contributed by atoms with E-state index in [1.165, 1.54) is 126 Å². The topological polar surface area (TPSA) is 70.0 Å². The van der Waals surface area contributed by atoms with Crippen molar-refractivity contribution in [3.8, 4) is 51.9 Å². The molecule has 65 heavy (non-hydrogen) atoms. The molecule has 0 aliphatic carbocycles. The van der Waals surface area contributed by atoms with E-state index in [1.54, 1.807) is 40.1 Å². The molecule has 7 rings (SSSR count). The molecule has 0 atom stereocenters. The minimum Gasteiger partial charge on any atom is -0.488 e. The standard InChI is InChI=1S/C52H65FN4O2S6/c1-5-8-10-12-14-16-18-20-22-24-32-58-49-50(59-33-25-23-21-19-17-15-13-11-9-6-2)52(63-51(49)43-30-28-40(61-43)36(4)46-39(7-3)54-64-55-46)44-31-29-41(62-44)37-35-38(53)45(42-27-26-34-60-42)48-47(37)56-65-57-48/h26-31,34-35H,4-25,32-33H2,1-3H3. The van der Waals surface area contributed by atoms with Gasteiger partial charge in [-0.05, 0) is 61.0 Å². The fourth-order valence-corrected chi connectivity index (χ4v) is 13.7. The summed E-state index contributed by atoms with van der Waals surface area (Å²) in [7, 11) is 0. The number of rotatable bonds is 31. The lowest BCUT2D eigenvalue weighted by atomic mass is 10.1. The number of aromatic nitrogens is 4. The summed E-state index contributed by atoms with van der Waals surface area (Å²) in [6.45, 7) is 12.4. The van der Waals surface area contributed by atoms with Crippen molar-refractivity contribution in [3.05, 3.63) is 76.5 Å². The number of hydrogen-bond acceptors (Lipinski definition) is 12. The number of thiophene rings is 4. The lowest BCUT2D eigenvalue weighted by Crippen LogP contribution is -2.02. The Labute approximate surface area is 411 Å². The summed E-state index contributed by atoms with van der Waals surface area (Å²) in [5, 5.41) is 1.97. The van der Waals surface area contributed by atoms with Crippen molar-refractivity contribution in [1.29, 1.82) is 0 Å². The minimum absolute atomic E-state index is 0.284. The van der Waals surface area contributed by atoms with Gasteiger partial charge in [-0.1, -0.05) is 149 Å². The molecular formula is C52H65FN4O2S6. The molecule has 0 N–H and O–H groups in total. The van der Waals surface area contributed by atoms with Crippen LogP contribution in [0, 0.1) is 5.82 Å². The molecule has 0 spiro atoms. The normalized spacial score (nSPS) is 11.6. The molecule has 6 aromatic heterocycles. The third-order valence-electron chi connectivity index (χ3n) is 12.0. The van der Waals surface area contributed by atoms with E-state index in [2.05, 4.69) is 64.7 Å². The first kappa shape index (κ1) is 49.6. The first-order chi connectivity index (χ1) is 32.0. The van der Waals surface area contributed by atoms with Crippen molar-refractivity contribution in [2.45, 2.75) is 156 Å². The number of hydrogen-bond donors (Lipinski definition) is 0. The number of aryl methyl sites for hydroxylation is 1. The second-order valence-corrected chi connectivity index (χ2v) is 22.1. The number of benzene rings is 1. The van der Waals surface area contributed by atoms with Gasteiger partial charge in [0.1, 0.15) is 22.5 Å². The predicted octanol–water partition coefficient (Wildman–Crippen LogP) is 18.8. The third-order valence-corrected chi connectivity index (χ3v) is 17.7. The van der Waals surface area contributed by atoms with Crippen molar-refractivity contribution in [1.82, 2.24) is 17.5 Å². The van der Waals surface area contributed by atoms with Gasteiger partial charge in [0, 0.05) is 35.5 Å². The average Bonchev–Trinajstić information content (AvgIpc) is 4.18. The average molecular weight is 990 g/mol. The maximum absolute atomic E-state index is 16.1. The van der Waals surface area contributed by atoms with Gasteiger partial charge in [-0.15, -0.1) is 45.3 Å². The van der Waals surface area contributed by atoms with Gasteiger partial charge in [-0.25, -0.2) is 4.39 Å². The Kier molecular flexibility index (Phi) is 20.0. The summed E-state index contributed by atoms with van der Waals surface area (Å²) in [4.78, 5) is 7.13. The van der Waals surface area contributed by atoms with Crippen LogP contribution < -0.4 is 9.47 Å². The van der Waals surface area contributed by atoms with Crippen LogP contribution in [0.4, 0.5) is 4.39 Å². The van der Waals surface area contributed by atoms with Crippen LogP contribution in [0.5, 0.6) is 11.5 Å². The van der Waals surface area contributed by atoms with Crippen LogP contribution in [0.2, 0.25) is 0 Å². The van der Waals surface area contributed by atoms with E-state index in [4.69, 9.17) is 13.8 Å². The van der Waals surface area contributed by atoms with Gasteiger partial charge in [0.15, 0.2) is 11.5 Å². The largest absolute Gasteiger partial charge is 0.488 e. The maximum atomic E-state index is 16.1. The molecule has 0 amide bonds. The molecule has 0 bridgehead atoms. The Morgan fingerprint density at radius 3 is 1.69 bits per heavy atom. The molecule has 13 heteroatoms. The Hall–Kier alpha value is -3.33. The lowest BCUT2D eigenvalue weighted by Gasteiger charge is -2.12. The van der Waals surface area contributed by atoms with Crippen LogP contribution in [0.1, 0.15) is 165 Å². The van der Waals surface area contributed by atoms with Crippen LogP contribution >= 0.6 is 68.8 Å². The van der Waals surface area contributed by atoms with Crippen molar-refractivity contribution < 1.29 is 13.9 Å². The lowest BCUT2D eigenvalue weighted by molar-refractivity contribution is 0.262. The van der Waals surface area contributed by atoms with Crippen LogP contribution in [-0.4, -0.2) is 30.7 Å². The van der Waals surface area contributed by atoms with E-state index < -0.39 is 0 Å². The number of nitrogens with zero attached hydrogens (tertiary/aromatic N) is 4. The summed E-state index contributed by atoms with van der Waals surface area (Å²) in [6.07, 6.45) is 26.2. The van der Waals surface area contributed by atoms with Crippen molar-refractivity contribution in [2.75, 3.05) is 13.2 Å². The highest BCUT2D eigenvalue weighted by Gasteiger charge is 2.28. The number of fused-ring (bicyclic) bond motifs is 1.